The summed E-state index contributed by atoms with van der Waals surface area (Å²) in [5.74, 6) is -1.06. The molecule has 0 unspecified atom stereocenters. The second-order valence-electron chi connectivity index (χ2n) is 3.14. The van der Waals surface area contributed by atoms with Crippen LogP contribution in [0.3, 0.4) is 0 Å². The maximum atomic E-state index is 10.7. The topological polar surface area (TPSA) is 83.8 Å². The molecular weight excluding hydrogens is 232 g/mol. The minimum Gasteiger partial charge on any atom is -0.477 e. The van der Waals surface area contributed by atoms with E-state index in [9.17, 15) is 4.79 Å². The van der Waals surface area contributed by atoms with Gasteiger partial charge in [-0.1, -0.05) is 11.6 Å². The lowest BCUT2D eigenvalue weighted by Gasteiger charge is -2.01. The molecule has 0 amide bonds. The van der Waals surface area contributed by atoms with Crippen molar-refractivity contribution in [3.63, 3.8) is 0 Å². The third-order valence-electron chi connectivity index (χ3n) is 2.18. The molecule has 16 heavy (non-hydrogen) atoms. The van der Waals surface area contributed by atoms with Crippen molar-refractivity contribution in [3.8, 4) is 11.4 Å². The van der Waals surface area contributed by atoms with E-state index in [2.05, 4.69) is 15.2 Å². The number of aromatic carboxylic acids is 1. The first-order chi connectivity index (χ1) is 7.63. The van der Waals surface area contributed by atoms with Gasteiger partial charge in [-0.25, -0.2) is 9.78 Å². The summed E-state index contributed by atoms with van der Waals surface area (Å²) in [5.41, 5.74) is 1.12. The minimum atomic E-state index is -1.06. The van der Waals surface area contributed by atoms with E-state index in [1.165, 1.54) is 6.07 Å². The zero-order chi connectivity index (χ0) is 11.7. The van der Waals surface area contributed by atoms with Crippen molar-refractivity contribution >= 4 is 17.6 Å². The van der Waals surface area contributed by atoms with Crippen LogP contribution in [0, 0.1) is 0 Å². The Morgan fingerprint density at radius 3 is 3.00 bits per heavy atom. The van der Waals surface area contributed by atoms with E-state index in [0.29, 0.717) is 23.1 Å². The third kappa shape index (κ3) is 1.67. The molecule has 2 N–H and O–H groups in total. The number of aryl methyl sites for hydroxylation is 1. The molecular formula is C9H9ClN4O2. The molecule has 7 heteroatoms. The van der Waals surface area contributed by atoms with E-state index in [4.69, 9.17) is 16.7 Å². The fourth-order valence-electron chi connectivity index (χ4n) is 1.40. The van der Waals surface area contributed by atoms with Gasteiger partial charge in [0.2, 0.25) is 0 Å². The van der Waals surface area contributed by atoms with Crippen LogP contribution in [0.5, 0.6) is 0 Å². The molecule has 0 spiro atoms. The van der Waals surface area contributed by atoms with Crippen LogP contribution >= 0.6 is 11.6 Å². The fraction of sp³-hybridized carbons (Fsp3) is 0.222. The predicted molar refractivity (Wildman–Crippen MR) is 57.5 cm³/mol. The second-order valence-corrected chi connectivity index (χ2v) is 3.50. The minimum absolute atomic E-state index is 0.0231. The van der Waals surface area contributed by atoms with Gasteiger partial charge in [0.25, 0.3) is 0 Å². The fourth-order valence-corrected chi connectivity index (χ4v) is 1.65. The third-order valence-corrected chi connectivity index (χ3v) is 2.46. The summed E-state index contributed by atoms with van der Waals surface area (Å²) >= 11 is 5.91. The molecule has 0 saturated carbocycles. The Labute approximate surface area is 95.9 Å². The molecule has 0 bridgehead atoms. The summed E-state index contributed by atoms with van der Waals surface area (Å²) in [7, 11) is 0. The van der Waals surface area contributed by atoms with Gasteiger partial charge in [0.15, 0.2) is 5.15 Å². The van der Waals surface area contributed by atoms with Gasteiger partial charge in [-0.15, -0.1) is 0 Å². The Morgan fingerprint density at radius 2 is 2.44 bits per heavy atom. The maximum absolute atomic E-state index is 10.7. The molecule has 2 aromatic rings. The number of aromatic amines is 1. The zero-order valence-corrected chi connectivity index (χ0v) is 9.19. The van der Waals surface area contributed by atoms with E-state index >= 15 is 0 Å². The highest BCUT2D eigenvalue weighted by Crippen LogP contribution is 2.25. The van der Waals surface area contributed by atoms with Crippen molar-refractivity contribution < 1.29 is 9.90 Å². The van der Waals surface area contributed by atoms with Crippen LogP contribution in [0.15, 0.2) is 12.4 Å². The van der Waals surface area contributed by atoms with Crippen LogP contribution in [0.2, 0.25) is 5.15 Å². The molecule has 2 aromatic heterocycles. The molecule has 0 aliphatic rings. The first-order valence-electron chi connectivity index (χ1n) is 4.63. The van der Waals surface area contributed by atoms with E-state index in [-0.39, 0.29) is 5.69 Å². The van der Waals surface area contributed by atoms with Crippen molar-refractivity contribution in [1.82, 2.24) is 19.7 Å². The SMILES string of the molecule is CCn1cnc(Cl)c1-c1cc(C(=O)O)[nH]n1. The van der Waals surface area contributed by atoms with Gasteiger partial charge in [0, 0.05) is 12.6 Å². The number of H-pyrrole nitrogens is 1. The van der Waals surface area contributed by atoms with Gasteiger partial charge in [-0.2, -0.15) is 5.10 Å². The quantitative estimate of drug-likeness (QED) is 0.854. The molecule has 0 radical (unpaired) electrons. The van der Waals surface area contributed by atoms with Gasteiger partial charge < -0.3 is 9.67 Å². The van der Waals surface area contributed by atoms with Crippen LogP contribution in [0.1, 0.15) is 17.4 Å². The number of halogens is 1. The van der Waals surface area contributed by atoms with Crippen molar-refractivity contribution in [1.29, 1.82) is 0 Å². The smallest absolute Gasteiger partial charge is 0.353 e. The van der Waals surface area contributed by atoms with E-state index < -0.39 is 5.97 Å². The molecule has 0 saturated heterocycles. The lowest BCUT2D eigenvalue weighted by atomic mass is 10.3. The molecule has 0 fully saturated rings. The van der Waals surface area contributed by atoms with Crippen LogP contribution in [-0.4, -0.2) is 30.8 Å². The zero-order valence-electron chi connectivity index (χ0n) is 8.44. The monoisotopic (exact) mass is 240 g/mol. The van der Waals surface area contributed by atoms with Crippen LogP contribution in [-0.2, 0) is 6.54 Å². The number of carboxylic acid groups (broad SMARTS) is 1. The summed E-state index contributed by atoms with van der Waals surface area (Å²) in [6.07, 6.45) is 1.59. The standard InChI is InChI=1S/C9H9ClN4O2/c1-2-14-4-11-8(10)7(14)5-3-6(9(15)16)13-12-5/h3-4H,2H2,1H3,(H,12,13)(H,15,16). The summed E-state index contributed by atoms with van der Waals surface area (Å²) in [6.45, 7) is 2.62. The lowest BCUT2D eigenvalue weighted by molar-refractivity contribution is 0.0690. The number of hydrogen-bond donors (Lipinski definition) is 2. The number of hydrogen-bond acceptors (Lipinski definition) is 3. The van der Waals surface area contributed by atoms with Crippen molar-refractivity contribution in [2.24, 2.45) is 0 Å². The van der Waals surface area contributed by atoms with Crippen LogP contribution in [0.4, 0.5) is 0 Å². The number of nitrogens with zero attached hydrogens (tertiary/aromatic N) is 3. The molecule has 0 aromatic carbocycles. The summed E-state index contributed by atoms with van der Waals surface area (Å²) in [6, 6.07) is 1.43. The van der Waals surface area contributed by atoms with Gasteiger partial charge in [-0.05, 0) is 6.92 Å². The Balaban J connectivity index is 2.49. The molecule has 6 nitrogen and oxygen atoms in total. The number of rotatable bonds is 3. The van der Waals surface area contributed by atoms with E-state index in [1.807, 2.05) is 6.92 Å². The largest absolute Gasteiger partial charge is 0.477 e. The summed E-state index contributed by atoms with van der Waals surface area (Å²) in [4.78, 5) is 14.6. The normalized spacial score (nSPS) is 10.6. The summed E-state index contributed by atoms with van der Waals surface area (Å²) < 4.78 is 1.80. The molecule has 0 aliphatic carbocycles. The van der Waals surface area contributed by atoms with Gasteiger partial charge >= 0.3 is 5.97 Å². The van der Waals surface area contributed by atoms with Gasteiger partial charge in [0.1, 0.15) is 17.1 Å². The second kappa shape index (κ2) is 3.97. The first kappa shape index (κ1) is 10.7. The number of nitrogens with one attached hydrogen (secondary N) is 1. The maximum Gasteiger partial charge on any atom is 0.353 e. The van der Waals surface area contributed by atoms with Crippen molar-refractivity contribution in [2.45, 2.75) is 13.5 Å². The molecule has 84 valence electrons. The molecule has 0 atom stereocenters. The average Bonchev–Trinajstić information content (AvgIpc) is 2.83. The highest BCUT2D eigenvalue weighted by atomic mass is 35.5. The predicted octanol–water partition coefficient (Wildman–Crippen LogP) is 1.64. The van der Waals surface area contributed by atoms with Crippen LogP contribution in [0.25, 0.3) is 11.4 Å². The first-order valence-corrected chi connectivity index (χ1v) is 5.01. The Hall–Kier alpha value is -1.82. The average molecular weight is 241 g/mol. The number of imidazole rings is 1. The lowest BCUT2D eigenvalue weighted by Crippen LogP contribution is -1.95. The number of carbonyl (C=O) groups is 1. The summed E-state index contributed by atoms with van der Waals surface area (Å²) in [5, 5.41) is 15.4. The molecule has 0 aliphatic heterocycles. The van der Waals surface area contributed by atoms with E-state index in [1.54, 1.807) is 10.9 Å². The molecule has 2 rings (SSSR count). The highest BCUT2D eigenvalue weighted by molar-refractivity contribution is 6.31. The van der Waals surface area contributed by atoms with Gasteiger partial charge in [-0.3, -0.25) is 5.10 Å². The number of carboxylic acids is 1. The molecule has 2 heterocycles. The van der Waals surface area contributed by atoms with Crippen molar-refractivity contribution in [2.75, 3.05) is 0 Å². The van der Waals surface area contributed by atoms with Gasteiger partial charge in [0.05, 0.1) is 6.33 Å². The number of aromatic nitrogens is 4. The van der Waals surface area contributed by atoms with Crippen LogP contribution < -0.4 is 0 Å². The Bertz CT molecular complexity index is 531. The van der Waals surface area contributed by atoms with E-state index in [0.717, 1.165) is 0 Å². The highest BCUT2D eigenvalue weighted by Gasteiger charge is 2.15. The Kier molecular flexibility index (Phi) is 2.66. The Morgan fingerprint density at radius 1 is 1.69 bits per heavy atom. The van der Waals surface area contributed by atoms with Crippen molar-refractivity contribution in [3.05, 3.63) is 23.2 Å².